The average molecular weight is 304 g/mol. The summed E-state index contributed by atoms with van der Waals surface area (Å²) in [6.07, 6.45) is 0.943. The van der Waals surface area contributed by atoms with Crippen molar-refractivity contribution < 1.29 is 4.74 Å². The van der Waals surface area contributed by atoms with Gasteiger partial charge in [0.25, 0.3) is 5.56 Å². The van der Waals surface area contributed by atoms with E-state index in [4.69, 9.17) is 4.74 Å². The Morgan fingerprint density at radius 1 is 1.29 bits per heavy atom. The van der Waals surface area contributed by atoms with E-state index in [-0.39, 0.29) is 5.56 Å². The van der Waals surface area contributed by atoms with Gasteiger partial charge in [-0.1, -0.05) is 19.1 Å². The zero-order valence-corrected chi connectivity index (χ0v) is 13.3. The normalized spacial score (nSPS) is 10.6. The van der Waals surface area contributed by atoms with E-state index in [0.717, 1.165) is 23.4 Å². The summed E-state index contributed by atoms with van der Waals surface area (Å²) in [5.41, 5.74) is 2.21. The molecule has 21 heavy (non-hydrogen) atoms. The first kappa shape index (κ1) is 15.6. The minimum Gasteiger partial charge on any atom is -0.493 e. The number of benzene rings is 1. The molecule has 0 saturated heterocycles. The average Bonchev–Trinajstić information content (AvgIpc) is 2.53. The lowest BCUT2D eigenvalue weighted by molar-refractivity contribution is 0.318. The van der Waals surface area contributed by atoms with Gasteiger partial charge in [0.05, 0.1) is 12.3 Å². The fraction of sp³-hybridized carbons (Fsp3) is 0.375. The molecule has 1 aromatic carbocycles. The van der Waals surface area contributed by atoms with E-state index in [2.05, 4.69) is 24.7 Å². The van der Waals surface area contributed by atoms with Crippen LogP contribution in [-0.2, 0) is 12.3 Å². The van der Waals surface area contributed by atoms with Gasteiger partial charge in [0.1, 0.15) is 5.75 Å². The monoisotopic (exact) mass is 304 g/mol. The Morgan fingerprint density at radius 2 is 2.05 bits per heavy atom. The van der Waals surface area contributed by atoms with Crippen molar-refractivity contribution in [3.63, 3.8) is 0 Å². The molecule has 0 amide bonds. The number of aryl methyl sites for hydroxylation is 1. The maximum absolute atomic E-state index is 12.1. The van der Waals surface area contributed by atoms with Crippen LogP contribution in [0.2, 0.25) is 0 Å². The summed E-state index contributed by atoms with van der Waals surface area (Å²) in [4.78, 5) is 12.1. The molecule has 0 aliphatic carbocycles. The summed E-state index contributed by atoms with van der Waals surface area (Å²) in [6, 6.07) is 9.56. The van der Waals surface area contributed by atoms with Gasteiger partial charge in [0, 0.05) is 23.4 Å². The maximum atomic E-state index is 12.1. The lowest BCUT2D eigenvalue weighted by atomic mass is 10.1. The Hall–Kier alpha value is -1.75. The van der Waals surface area contributed by atoms with Crippen LogP contribution in [0.4, 0.5) is 0 Å². The van der Waals surface area contributed by atoms with Crippen molar-refractivity contribution in [2.75, 3.05) is 6.61 Å². The Balaban J connectivity index is 2.54. The zero-order chi connectivity index (χ0) is 15.2. The first-order valence-electron chi connectivity index (χ1n) is 7.15. The highest BCUT2D eigenvalue weighted by atomic mass is 32.1. The van der Waals surface area contributed by atoms with Crippen LogP contribution in [0, 0.1) is 0 Å². The van der Waals surface area contributed by atoms with Crippen LogP contribution in [0.15, 0.2) is 35.1 Å². The molecule has 0 bridgehead atoms. The molecule has 0 aliphatic rings. The molecule has 0 saturated carbocycles. The molecular formula is C16H20N2O2S. The van der Waals surface area contributed by atoms with E-state index in [1.54, 1.807) is 6.07 Å². The lowest BCUT2D eigenvalue weighted by Crippen LogP contribution is -2.25. The number of rotatable bonds is 6. The molecule has 5 heteroatoms. The number of nitrogens with zero attached hydrogens (tertiary/aromatic N) is 2. The van der Waals surface area contributed by atoms with E-state index < -0.39 is 0 Å². The second-order valence-electron chi connectivity index (χ2n) is 4.68. The summed E-state index contributed by atoms with van der Waals surface area (Å²) in [6.45, 7) is 5.16. The molecule has 0 radical (unpaired) electrons. The van der Waals surface area contributed by atoms with Crippen LogP contribution in [0.25, 0.3) is 11.3 Å². The largest absolute Gasteiger partial charge is 0.493 e. The summed E-state index contributed by atoms with van der Waals surface area (Å²) >= 11 is 4.24. The fourth-order valence-electron chi connectivity index (χ4n) is 2.07. The van der Waals surface area contributed by atoms with E-state index in [1.165, 1.54) is 4.68 Å². The van der Waals surface area contributed by atoms with E-state index in [9.17, 15) is 4.79 Å². The van der Waals surface area contributed by atoms with Gasteiger partial charge < -0.3 is 4.74 Å². The first-order valence-corrected chi connectivity index (χ1v) is 7.78. The summed E-state index contributed by atoms with van der Waals surface area (Å²) in [7, 11) is 0. The predicted octanol–water partition coefficient (Wildman–Crippen LogP) is 3.15. The molecule has 0 fully saturated rings. The highest BCUT2D eigenvalue weighted by Gasteiger charge is 2.12. The van der Waals surface area contributed by atoms with Gasteiger partial charge in [-0.25, -0.2) is 4.68 Å². The van der Waals surface area contributed by atoms with Gasteiger partial charge >= 0.3 is 0 Å². The van der Waals surface area contributed by atoms with E-state index >= 15 is 0 Å². The van der Waals surface area contributed by atoms with E-state index in [0.29, 0.717) is 24.5 Å². The molecule has 0 unspecified atom stereocenters. The topological polar surface area (TPSA) is 44.1 Å². The number of ether oxygens (including phenoxy) is 1. The third kappa shape index (κ3) is 3.47. The maximum Gasteiger partial charge on any atom is 0.270 e. The molecule has 2 aromatic rings. The minimum absolute atomic E-state index is 0.0804. The molecule has 112 valence electrons. The van der Waals surface area contributed by atoms with Crippen molar-refractivity contribution in [3.05, 3.63) is 46.2 Å². The van der Waals surface area contributed by atoms with Crippen molar-refractivity contribution in [2.45, 2.75) is 32.6 Å². The summed E-state index contributed by atoms with van der Waals surface area (Å²) < 4.78 is 7.24. The van der Waals surface area contributed by atoms with Gasteiger partial charge in [-0.15, -0.1) is 0 Å². The first-order chi connectivity index (χ1) is 10.2. The Labute approximate surface area is 130 Å². The number of hydrogen-bond acceptors (Lipinski definition) is 4. The van der Waals surface area contributed by atoms with Crippen molar-refractivity contribution in [3.8, 4) is 17.0 Å². The van der Waals surface area contributed by atoms with Crippen molar-refractivity contribution in [2.24, 2.45) is 0 Å². The number of para-hydroxylation sites is 1. The van der Waals surface area contributed by atoms with Gasteiger partial charge in [-0.3, -0.25) is 4.79 Å². The highest BCUT2D eigenvalue weighted by molar-refractivity contribution is 7.79. The molecule has 0 N–H and O–H groups in total. The number of thiol groups is 1. The molecule has 0 aliphatic heterocycles. The molecule has 4 nitrogen and oxygen atoms in total. The fourth-order valence-corrected chi connectivity index (χ4v) is 2.30. The van der Waals surface area contributed by atoms with Crippen LogP contribution in [0.5, 0.6) is 5.75 Å². The molecule has 0 spiro atoms. The van der Waals surface area contributed by atoms with Crippen LogP contribution in [0.1, 0.15) is 25.8 Å². The molecule has 2 rings (SSSR count). The predicted molar refractivity (Wildman–Crippen MR) is 88.1 cm³/mol. The molecule has 1 aromatic heterocycles. The van der Waals surface area contributed by atoms with E-state index in [1.807, 2.05) is 31.2 Å². The number of hydrogen-bond donors (Lipinski definition) is 1. The van der Waals surface area contributed by atoms with Crippen LogP contribution in [0.3, 0.4) is 0 Å². The smallest absolute Gasteiger partial charge is 0.270 e. The van der Waals surface area contributed by atoms with Crippen LogP contribution in [-0.4, -0.2) is 16.4 Å². The van der Waals surface area contributed by atoms with Gasteiger partial charge in [-0.05, 0) is 31.5 Å². The molecule has 0 atom stereocenters. The molecule has 1 heterocycles. The van der Waals surface area contributed by atoms with Gasteiger partial charge in [0.15, 0.2) is 0 Å². The molecular weight excluding hydrogens is 284 g/mol. The van der Waals surface area contributed by atoms with Crippen LogP contribution >= 0.6 is 12.6 Å². The second kappa shape index (κ2) is 7.31. The highest BCUT2D eigenvalue weighted by Crippen LogP contribution is 2.28. The number of aromatic nitrogens is 2. The van der Waals surface area contributed by atoms with Gasteiger partial charge in [-0.2, -0.15) is 17.7 Å². The standard InChI is InChI=1S/C16H20N2O2S/c1-3-9-20-15-8-6-5-7-13(15)14-10-12(11-21)16(19)18(4-2)17-14/h5-8,10,21H,3-4,9,11H2,1-2H3. The minimum atomic E-state index is -0.0804. The van der Waals surface area contributed by atoms with Crippen molar-refractivity contribution in [1.82, 2.24) is 9.78 Å². The SMILES string of the molecule is CCCOc1ccccc1-c1cc(CS)c(=O)n(CC)n1. The quantitative estimate of drug-likeness (QED) is 0.834. The lowest BCUT2D eigenvalue weighted by Gasteiger charge is -2.12. The van der Waals surface area contributed by atoms with Gasteiger partial charge in [0.2, 0.25) is 0 Å². The van der Waals surface area contributed by atoms with Crippen molar-refractivity contribution >= 4 is 12.6 Å². The Kier molecular flexibility index (Phi) is 5.44. The third-order valence-corrected chi connectivity index (χ3v) is 3.48. The second-order valence-corrected chi connectivity index (χ2v) is 4.99. The van der Waals surface area contributed by atoms with Crippen molar-refractivity contribution in [1.29, 1.82) is 0 Å². The Bertz CT molecular complexity index is 639. The summed E-state index contributed by atoms with van der Waals surface area (Å²) in [5, 5.41) is 4.43. The third-order valence-electron chi connectivity index (χ3n) is 3.14. The zero-order valence-electron chi connectivity index (χ0n) is 12.4. The summed E-state index contributed by atoms with van der Waals surface area (Å²) in [5.74, 6) is 1.19. The van der Waals surface area contributed by atoms with Crippen LogP contribution < -0.4 is 10.3 Å². The Morgan fingerprint density at radius 3 is 2.71 bits per heavy atom.